The largest absolute Gasteiger partial charge is 0.486 e. The van der Waals surface area contributed by atoms with E-state index in [1.54, 1.807) is 6.26 Å². The van der Waals surface area contributed by atoms with Gasteiger partial charge in [-0.1, -0.05) is 30.4 Å². The van der Waals surface area contributed by atoms with Crippen molar-refractivity contribution in [2.45, 2.75) is 0 Å². The molecule has 3 nitrogen and oxygen atoms in total. The molecular weight excluding hydrogens is 284 g/mol. The maximum atomic E-state index is 5.68. The minimum Gasteiger partial charge on any atom is -0.486 e. The highest BCUT2D eigenvalue weighted by atomic mass is 32.1. The molecule has 0 atom stereocenters. The van der Waals surface area contributed by atoms with Gasteiger partial charge in [0.1, 0.15) is 25.1 Å². The zero-order valence-electron chi connectivity index (χ0n) is 11.2. The van der Waals surface area contributed by atoms with Gasteiger partial charge in [-0.05, 0) is 29.8 Å². The molecule has 104 valence electrons. The van der Waals surface area contributed by atoms with E-state index in [-0.39, 0.29) is 0 Å². The van der Waals surface area contributed by atoms with Gasteiger partial charge in [0.05, 0.1) is 4.51 Å². The second kappa shape index (κ2) is 4.90. The summed E-state index contributed by atoms with van der Waals surface area (Å²) in [5.41, 5.74) is 2.66. The molecule has 1 aromatic heterocycles. The first-order valence-corrected chi connectivity index (χ1v) is 7.14. The molecule has 4 rings (SSSR count). The normalized spacial score (nSPS) is 13.3. The molecule has 0 spiro atoms. The van der Waals surface area contributed by atoms with E-state index in [4.69, 9.17) is 26.1 Å². The summed E-state index contributed by atoms with van der Waals surface area (Å²) in [5.74, 6) is 1.52. The van der Waals surface area contributed by atoms with Crippen LogP contribution in [0.25, 0.3) is 22.1 Å². The number of fused-ring (bicyclic) bond motifs is 2. The average molecular weight is 296 g/mol. The van der Waals surface area contributed by atoms with Crippen molar-refractivity contribution in [1.82, 2.24) is 0 Å². The fourth-order valence-corrected chi connectivity index (χ4v) is 2.82. The molecule has 21 heavy (non-hydrogen) atoms. The van der Waals surface area contributed by atoms with E-state index in [2.05, 4.69) is 0 Å². The van der Waals surface area contributed by atoms with Crippen LogP contribution in [0.1, 0.15) is 0 Å². The number of ether oxygens (including phenoxy) is 2. The number of hydrogen-bond donors (Lipinski definition) is 0. The predicted octanol–water partition coefficient (Wildman–Crippen LogP) is 4.60. The molecule has 0 saturated heterocycles. The van der Waals surface area contributed by atoms with Crippen LogP contribution in [0.5, 0.6) is 11.5 Å². The minimum absolute atomic E-state index is 0.569. The van der Waals surface area contributed by atoms with Crippen LogP contribution < -0.4 is 9.47 Å². The highest BCUT2D eigenvalue weighted by molar-refractivity contribution is 7.71. The van der Waals surface area contributed by atoms with Crippen molar-refractivity contribution in [1.29, 1.82) is 0 Å². The third-order valence-electron chi connectivity index (χ3n) is 3.53. The molecule has 4 heteroatoms. The number of hydrogen-bond acceptors (Lipinski definition) is 4. The SMILES string of the molecule is S=c1c(-c2ccc3c(c2)OCCO3)coc2ccccc12. The Morgan fingerprint density at radius 1 is 0.905 bits per heavy atom. The molecule has 0 radical (unpaired) electrons. The van der Waals surface area contributed by atoms with Gasteiger partial charge in [-0.2, -0.15) is 0 Å². The zero-order chi connectivity index (χ0) is 14.2. The lowest BCUT2D eigenvalue weighted by molar-refractivity contribution is 0.171. The first kappa shape index (κ1) is 12.4. The molecule has 0 unspecified atom stereocenters. The Labute approximate surface area is 126 Å². The molecule has 1 aliphatic heterocycles. The van der Waals surface area contributed by atoms with Gasteiger partial charge in [-0.15, -0.1) is 0 Å². The van der Waals surface area contributed by atoms with E-state index < -0.39 is 0 Å². The molecule has 0 bridgehead atoms. The van der Waals surface area contributed by atoms with Gasteiger partial charge in [0.15, 0.2) is 11.5 Å². The van der Waals surface area contributed by atoms with Crippen molar-refractivity contribution < 1.29 is 13.9 Å². The summed E-state index contributed by atoms with van der Waals surface area (Å²) in [6.07, 6.45) is 1.70. The third-order valence-corrected chi connectivity index (χ3v) is 3.97. The summed E-state index contributed by atoms with van der Waals surface area (Å²) in [6.45, 7) is 1.16. The third kappa shape index (κ3) is 2.08. The highest BCUT2D eigenvalue weighted by Crippen LogP contribution is 2.35. The molecule has 0 N–H and O–H groups in total. The molecule has 0 fully saturated rings. The predicted molar refractivity (Wildman–Crippen MR) is 83.5 cm³/mol. The standard InChI is InChI=1S/C17H12O3S/c21-17-12-3-1-2-4-14(12)20-10-13(17)11-5-6-15-16(9-11)19-8-7-18-15/h1-6,9-10H,7-8H2. The molecule has 3 aromatic rings. The van der Waals surface area contributed by atoms with Gasteiger partial charge in [0.2, 0.25) is 0 Å². The van der Waals surface area contributed by atoms with Crippen molar-refractivity contribution in [3.8, 4) is 22.6 Å². The van der Waals surface area contributed by atoms with Crippen molar-refractivity contribution in [3.05, 3.63) is 53.2 Å². The van der Waals surface area contributed by atoms with Crippen LogP contribution in [0.4, 0.5) is 0 Å². The van der Waals surface area contributed by atoms with Crippen LogP contribution in [0.15, 0.2) is 53.1 Å². The fourth-order valence-electron chi connectivity index (χ4n) is 2.49. The van der Waals surface area contributed by atoms with Gasteiger partial charge < -0.3 is 13.9 Å². The molecule has 0 saturated carbocycles. The summed E-state index contributed by atoms with van der Waals surface area (Å²) in [6, 6.07) is 13.6. The van der Waals surface area contributed by atoms with E-state index in [9.17, 15) is 0 Å². The van der Waals surface area contributed by atoms with Crippen LogP contribution >= 0.6 is 12.2 Å². The van der Waals surface area contributed by atoms with Crippen molar-refractivity contribution in [2.75, 3.05) is 13.2 Å². The second-order valence-electron chi connectivity index (χ2n) is 4.83. The Bertz CT molecular complexity index is 883. The molecule has 1 aliphatic rings. The van der Waals surface area contributed by atoms with E-state index in [1.807, 2.05) is 42.5 Å². The summed E-state index contributed by atoms with van der Waals surface area (Å²) in [7, 11) is 0. The van der Waals surface area contributed by atoms with Gasteiger partial charge in [-0.3, -0.25) is 0 Å². The van der Waals surface area contributed by atoms with Gasteiger partial charge in [0, 0.05) is 10.9 Å². The monoisotopic (exact) mass is 296 g/mol. The van der Waals surface area contributed by atoms with Crippen LogP contribution in [-0.2, 0) is 0 Å². The van der Waals surface area contributed by atoms with Crippen LogP contribution in [0.2, 0.25) is 0 Å². The number of rotatable bonds is 1. The Balaban J connectivity index is 1.90. The Morgan fingerprint density at radius 3 is 2.62 bits per heavy atom. The van der Waals surface area contributed by atoms with E-state index in [0.717, 1.165) is 38.1 Å². The van der Waals surface area contributed by atoms with E-state index in [0.29, 0.717) is 13.2 Å². The molecular formula is C17H12O3S. The zero-order valence-corrected chi connectivity index (χ0v) is 12.0. The summed E-state index contributed by atoms with van der Waals surface area (Å²) in [5, 5.41) is 0.944. The average Bonchev–Trinajstić information content (AvgIpc) is 2.55. The fraction of sp³-hybridized carbons (Fsp3) is 0.118. The second-order valence-corrected chi connectivity index (χ2v) is 5.24. The maximum absolute atomic E-state index is 5.68. The Hall–Kier alpha value is -2.33. The summed E-state index contributed by atoms with van der Waals surface area (Å²) < 4.78 is 17.6. The first-order valence-electron chi connectivity index (χ1n) is 6.73. The smallest absolute Gasteiger partial charge is 0.161 e. The Kier molecular flexibility index (Phi) is 2.89. The summed E-state index contributed by atoms with van der Waals surface area (Å²) in [4.78, 5) is 0. The molecule has 2 heterocycles. The van der Waals surface area contributed by atoms with Gasteiger partial charge >= 0.3 is 0 Å². The lowest BCUT2D eigenvalue weighted by Crippen LogP contribution is -2.15. The molecule has 0 aliphatic carbocycles. The van der Waals surface area contributed by atoms with Crippen LogP contribution in [0.3, 0.4) is 0 Å². The van der Waals surface area contributed by atoms with Crippen LogP contribution in [0, 0.1) is 4.51 Å². The van der Waals surface area contributed by atoms with Crippen molar-refractivity contribution in [3.63, 3.8) is 0 Å². The topological polar surface area (TPSA) is 31.6 Å². The lowest BCUT2D eigenvalue weighted by Gasteiger charge is -2.18. The van der Waals surface area contributed by atoms with Gasteiger partial charge in [0.25, 0.3) is 0 Å². The van der Waals surface area contributed by atoms with E-state index in [1.165, 1.54) is 0 Å². The maximum Gasteiger partial charge on any atom is 0.161 e. The van der Waals surface area contributed by atoms with Crippen LogP contribution in [-0.4, -0.2) is 13.2 Å². The van der Waals surface area contributed by atoms with Gasteiger partial charge in [-0.25, -0.2) is 0 Å². The van der Waals surface area contributed by atoms with Crippen molar-refractivity contribution >= 4 is 23.2 Å². The molecule has 0 amide bonds. The number of para-hydroxylation sites is 1. The van der Waals surface area contributed by atoms with E-state index >= 15 is 0 Å². The Morgan fingerprint density at radius 2 is 1.71 bits per heavy atom. The number of benzene rings is 2. The highest BCUT2D eigenvalue weighted by Gasteiger charge is 2.14. The van der Waals surface area contributed by atoms with Crippen molar-refractivity contribution in [2.24, 2.45) is 0 Å². The first-order chi connectivity index (χ1) is 10.3. The summed E-state index contributed by atoms with van der Waals surface area (Å²) >= 11 is 5.60. The molecule has 2 aromatic carbocycles. The lowest BCUT2D eigenvalue weighted by atomic mass is 10.1. The minimum atomic E-state index is 0.569. The quantitative estimate of drug-likeness (QED) is 0.614.